The standard InChI is InChI=1S/C2H6B2O/c3-4-1-2-5/h2,4H,1,3H2. The zero-order valence-electron chi connectivity index (χ0n) is 3.40. The second-order valence-corrected chi connectivity index (χ2v) is 0.955. The predicted octanol–water partition coefficient (Wildman–Crippen LogP) is -1.41. The molecule has 1 nitrogen and oxygen atoms in total. The van der Waals surface area contributed by atoms with Gasteiger partial charge in [0, 0.05) is 0 Å². The first kappa shape index (κ1) is 4.80. The Hall–Kier alpha value is -0.200. The smallest absolute Gasteiger partial charge is 0.111 e. The number of rotatable bonds is 2. The van der Waals surface area contributed by atoms with Crippen molar-refractivity contribution in [1.82, 2.24) is 0 Å². The molecule has 0 aliphatic carbocycles. The molecule has 0 amide bonds. The first-order chi connectivity index (χ1) is 2.41. The van der Waals surface area contributed by atoms with Crippen LogP contribution >= 0.6 is 0 Å². The lowest BCUT2D eigenvalue weighted by molar-refractivity contribution is -0.106. The van der Waals surface area contributed by atoms with Crippen molar-refractivity contribution in [2.45, 2.75) is 6.32 Å². The van der Waals surface area contributed by atoms with Gasteiger partial charge in [0.2, 0.25) is 0 Å². The fraction of sp³-hybridized carbons (Fsp3) is 0.500. The van der Waals surface area contributed by atoms with Crippen LogP contribution in [0.3, 0.4) is 0 Å². The van der Waals surface area contributed by atoms with Gasteiger partial charge in [-0.2, -0.15) is 0 Å². The van der Waals surface area contributed by atoms with Crippen LogP contribution in [0.5, 0.6) is 0 Å². The molecule has 0 saturated heterocycles. The first-order valence-corrected chi connectivity index (χ1v) is 1.85. The second kappa shape index (κ2) is 3.80. The SMILES string of the molecule is BBCC=O. The van der Waals surface area contributed by atoms with Crippen LogP contribution in [0.1, 0.15) is 0 Å². The number of carbonyl (C=O) groups excluding carboxylic acids is 1. The first-order valence-electron chi connectivity index (χ1n) is 1.85. The molecular formula is C2H6B2O. The zero-order valence-corrected chi connectivity index (χ0v) is 3.40. The lowest BCUT2D eigenvalue weighted by atomic mass is 9.54. The molecule has 0 saturated carbocycles. The van der Waals surface area contributed by atoms with E-state index in [0.29, 0.717) is 6.32 Å². The Labute approximate surface area is 33.4 Å². The quantitative estimate of drug-likeness (QED) is 0.287. The monoisotopic (exact) mass is 68.1 g/mol. The van der Waals surface area contributed by atoms with Crippen LogP contribution in [0.4, 0.5) is 0 Å². The van der Waals surface area contributed by atoms with Crippen molar-refractivity contribution in [3.05, 3.63) is 0 Å². The van der Waals surface area contributed by atoms with E-state index in [1.54, 1.807) is 0 Å². The van der Waals surface area contributed by atoms with Gasteiger partial charge in [-0.05, 0) is 6.32 Å². The molecule has 0 unspecified atom stereocenters. The molecule has 0 atom stereocenters. The van der Waals surface area contributed by atoms with Crippen LogP contribution in [0, 0.1) is 0 Å². The maximum absolute atomic E-state index is 9.40. The van der Waals surface area contributed by atoms with Crippen molar-refractivity contribution in [3.8, 4) is 0 Å². The third kappa shape index (κ3) is 3.80. The van der Waals surface area contributed by atoms with Crippen LogP contribution in [-0.4, -0.2) is 21.2 Å². The summed E-state index contributed by atoms with van der Waals surface area (Å²) in [7, 11) is 2.96. The van der Waals surface area contributed by atoms with Gasteiger partial charge in [-0.15, -0.1) is 0 Å². The van der Waals surface area contributed by atoms with E-state index in [2.05, 4.69) is 0 Å². The molecule has 0 aliphatic heterocycles. The van der Waals surface area contributed by atoms with Gasteiger partial charge < -0.3 is 4.79 Å². The minimum Gasteiger partial charge on any atom is -0.304 e. The Morgan fingerprint density at radius 1 is 2.00 bits per heavy atom. The predicted molar refractivity (Wildman–Crippen MR) is 26.6 cm³/mol. The van der Waals surface area contributed by atoms with E-state index in [-0.39, 0.29) is 0 Å². The molecule has 0 bridgehead atoms. The van der Waals surface area contributed by atoms with E-state index in [1.807, 2.05) is 7.74 Å². The average Bonchev–Trinajstić information content (AvgIpc) is 1.41. The van der Waals surface area contributed by atoms with Crippen molar-refractivity contribution in [2.24, 2.45) is 0 Å². The van der Waals surface area contributed by atoms with Gasteiger partial charge in [-0.3, -0.25) is 0 Å². The minimum atomic E-state index is 0.708. The fourth-order valence-corrected chi connectivity index (χ4v) is 0.118. The molecule has 0 aromatic heterocycles. The highest BCUT2D eigenvalue weighted by atomic mass is 16.1. The van der Waals surface area contributed by atoms with Crippen molar-refractivity contribution >= 4 is 21.2 Å². The molecule has 26 valence electrons. The molecule has 0 heterocycles. The van der Waals surface area contributed by atoms with E-state index in [1.165, 1.54) is 0 Å². The van der Waals surface area contributed by atoms with Crippen molar-refractivity contribution in [3.63, 3.8) is 0 Å². The van der Waals surface area contributed by atoms with Crippen LogP contribution in [0.2, 0.25) is 6.32 Å². The average molecular weight is 67.7 g/mol. The van der Waals surface area contributed by atoms with Crippen molar-refractivity contribution in [1.29, 1.82) is 0 Å². The molecule has 5 heavy (non-hydrogen) atoms. The highest BCUT2D eigenvalue weighted by Gasteiger charge is 1.71. The fourth-order valence-electron chi connectivity index (χ4n) is 0.118. The van der Waals surface area contributed by atoms with Crippen LogP contribution < -0.4 is 0 Å². The maximum atomic E-state index is 9.40. The van der Waals surface area contributed by atoms with E-state index in [9.17, 15) is 4.79 Å². The molecule has 0 rings (SSSR count). The second-order valence-electron chi connectivity index (χ2n) is 0.955. The summed E-state index contributed by atoms with van der Waals surface area (Å²) in [5, 5.41) is 0. The van der Waals surface area contributed by atoms with Gasteiger partial charge in [-0.25, -0.2) is 0 Å². The van der Waals surface area contributed by atoms with Crippen LogP contribution in [0.25, 0.3) is 0 Å². The van der Waals surface area contributed by atoms with E-state index in [4.69, 9.17) is 0 Å². The Kier molecular flexibility index (Phi) is 3.65. The molecule has 0 aromatic carbocycles. The van der Waals surface area contributed by atoms with Gasteiger partial charge in [0.15, 0.2) is 0 Å². The van der Waals surface area contributed by atoms with Gasteiger partial charge in [0.05, 0.1) is 14.9 Å². The number of hydrogen-bond donors (Lipinski definition) is 0. The summed E-state index contributed by atoms with van der Waals surface area (Å²) in [5.74, 6) is 0. The van der Waals surface area contributed by atoms with Crippen molar-refractivity contribution < 1.29 is 4.79 Å². The van der Waals surface area contributed by atoms with Gasteiger partial charge in [0.1, 0.15) is 6.29 Å². The molecule has 3 heteroatoms. The van der Waals surface area contributed by atoms with E-state index in [0.717, 1.165) is 13.5 Å². The molecule has 0 radical (unpaired) electrons. The summed E-state index contributed by atoms with van der Waals surface area (Å²) in [6.07, 6.45) is 1.64. The number of hydrogen-bond acceptors (Lipinski definition) is 1. The Bertz CT molecular complexity index is 28.8. The highest BCUT2D eigenvalue weighted by molar-refractivity contribution is 6.90. The summed E-state index contributed by atoms with van der Waals surface area (Å²) in [6, 6.07) is 0. The summed E-state index contributed by atoms with van der Waals surface area (Å²) >= 11 is 0. The van der Waals surface area contributed by atoms with Crippen LogP contribution in [0.15, 0.2) is 0 Å². The third-order valence-electron chi connectivity index (χ3n) is 0.407. The highest BCUT2D eigenvalue weighted by Crippen LogP contribution is 1.56. The lowest BCUT2D eigenvalue weighted by Gasteiger charge is -1.64. The summed E-state index contributed by atoms with van der Waals surface area (Å²) in [4.78, 5) is 9.40. The largest absolute Gasteiger partial charge is 0.304 e. The minimum absolute atomic E-state index is 0.708. The Morgan fingerprint density at radius 2 is 2.60 bits per heavy atom. The molecule has 0 aliphatic rings. The van der Waals surface area contributed by atoms with E-state index >= 15 is 0 Å². The van der Waals surface area contributed by atoms with Gasteiger partial charge in [-0.1, -0.05) is 0 Å². The normalized spacial score (nSPS) is 6.40. The summed E-state index contributed by atoms with van der Waals surface area (Å²) < 4.78 is 0. The van der Waals surface area contributed by atoms with E-state index < -0.39 is 0 Å². The Balaban J connectivity index is 2.40. The third-order valence-corrected chi connectivity index (χ3v) is 0.407. The van der Waals surface area contributed by atoms with Crippen LogP contribution in [-0.2, 0) is 4.79 Å². The van der Waals surface area contributed by atoms with Gasteiger partial charge in [0.25, 0.3) is 0 Å². The topological polar surface area (TPSA) is 17.1 Å². The molecular weight excluding hydrogens is 61.6 g/mol. The molecule has 0 fully saturated rings. The summed E-state index contributed by atoms with van der Waals surface area (Å²) in [6.45, 7) is 0. The van der Waals surface area contributed by atoms with Gasteiger partial charge >= 0.3 is 0 Å². The summed E-state index contributed by atoms with van der Waals surface area (Å²) in [5.41, 5.74) is 0. The van der Waals surface area contributed by atoms with Crippen molar-refractivity contribution in [2.75, 3.05) is 0 Å². The number of carbonyl (C=O) groups is 1. The molecule has 0 aromatic rings. The Morgan fingerprint density at radius 3 is 2.60 bits per heavy atom. The maximum Gasteiger partial charge on any atom is 0.111 e. The number of aldehydes is 1. The lowest BCUT2D eigenvalue weighted by Crippen LogP contribution is -1.85. The molecule has 0 N–H and O–H groups in total. The molecule has 0 spiro atoms. The zero-order chi connectivity index (χ0) is 4.12.